The van der Waals surface area contributed by atoms with Gasteiger partial charge in [0, 0.05) is 38.1 Å². The van der Waals surface area contributed by atoms with E-state index in [0.717, 1.165) is 5.69 Å². The van der Waals surface area contributed by atoms with E-state index < -0.39 is 0 Å². The zero-order valence-corrected chi connectivity index (χ0v) is 15.1. The van der Waals surface area contributed by atoms with E-state index in [1.54, 1.807) is 41.3 Å². The Balaban J connectivity index is 1.63. The van der Waals surface area contributed by atoms with Gasteiger partial charge >= 0.3 is 0 Å². The number of benzene rings is 2. The third-order valence-corrected chi connectivity index (χ3v) is 4.53. The van der Waals surface area contributed by atoms with Crippen molar-refractivity contribution in [3.05, 3.63) is 71.7 Å². The zero-order valence-electron chi connectivity index (χ0n) is 15.1. The first-order valence-electron chi connectivity index (χ1n) is 8.78. The molecule has 1 aliphatic heterocycles. The minimum absolute atomic E-state index is 0.0250. The van der Waals surface area contributed by atoms with Crippen molar-refractivity contribution in [1.82, 2.24) is 4.90 Å². The maximum atomic E-state index is 13.1. The molecule has 0 aliphatic carbocycles. The monoisotopic (exact) mass is 375 g/mol. The van der Waals surface area contributed by atoms with E-state index in [1.807, 2.05) is 6.07 Å². The Morgan fingerprint density at radius 2 is 1.71 bits per heavy atom. The average molecular weight is 375 g/mol. The number of halogens is 1. The lowest BCUT2D eigenvalue weighted by molar-refractivity contribution is -0.127. The summed E-state index contributed by atoms with van der Waals surface area (Å²) < 4.78 is 13.1. The van der Waals surface area contributed by atoms with Crippen molar-refractivity contribution >= 4 is 17.3 Å². The standard InChI is InChI=1S/C21H18FN5O/c22-18-5-7-19(8-6-18)26-9-11-27(12-10-26)21(28)17(14-24)15-25-20-4-2-1-3-16(20)13-23/h1-8,15,25H,9-12H2/b17-15-. The van der Waals surface area contributed by atoms with Crippen LogP contribution in [0.3, 0.4) is 0 Å². The largest absolute Gasteiger partial charge is 0.368 e. The molecule has 1 amide bonds. The summed E-state index contributed by atoms with van der Waals surface area (Å²) in [6, 6.07) is 17.1. The molecule has 0 bridgehead atoms. The molecule has 0 spiro atoms. The van der Waals surface area contributed by atoms with Gasteiger partial charge < -0.3 is 15.1 Å². The number of hydrogen-bond donors (Lipinski definition) is 1. The number of piperazine rings is 1. The van der Waals surface area contributed by atoms with Gasteiger partial charge in [-0.3, -0.25) is 4.79 Å². The van der Waals surface area contributed by atoms with Crippen LogP contribution < -0.4 is 10.2 Å². The van der Waals surface area contributed by atoms with E-state index in [0.29, 0.717) is 37.4 Å². The number of anilines is 2. The summed E-state index contributed by atoms with van der Waals surface area (Å²) in [5.74, 6) is -0.643. The zero-order chi connectivity index (χ0) is 19.9. The number of carbonyl (C=O) groups excluding carboxylic acids is 1. The molecule has 1 heterocycles. The summed E-state index contributed by atoms with van der Waals surface area (Å²) in [4.78, 5) is 16.3. The topological polar surface area (TPSA) is 83.2 Å². The van der Waals surface area contributed by atoms with Crippen LogP contribution >= 0.6 is 0 Å². The van der Waals surface area contributed by atoms with Crippen molar-refractivity contribution in [3.63, 3.8) is 0 Å². The fraction of sp³-hybridized carbons (Fsp3) is 0.190. The number of hydrogen-bond acceptors (Lipinski definition) is 5. The van der Waals surface area contributed by atoms with Crippen molar-refractivity contribution in [1.29, 1.82) is 10.5 Å². The molecule has 1 fully saturated rings. The summed E-state index contributed by atoms with van der Waals surface area (Å²) in [5, 5.41) is 21.4. The fourth-order valence-corrected chi connectivity index (χ4v) is 2.99. The van der Waals surface area contributed by atoms with Gasteiger partial charge in [-0.15, -0.1) is 0 Å². The molecule has 2 aromatic carbocycles. The van der Waals surface area contributed by atoms with Crippen molar-refractivity contribution in [2.45, 2.75) is 0 Å². The lowest BCUT2D eigenvalue weighted by Gasteiger charge is -2.36. The van der Waals surface area contributed by atoms with Crippen LogP contribution in [0.15, 0.2) is 60.3 Å². The molecule has 0 saturated carbocycles. The third-order valence-electron chi connectivity index (χ3n) is 4.53. The smallest absolute Gasteiger partial charge is 0.266 e. The Morgan fingerprint density at radius 1 is 1.04 bits per heavy atom. The number of carbonyl (C=O) groups is 1. The summed E-state index contributed by atoms with van der Waals surface area (Å²) in [6.45, 7) is 2.12. The average Bonchev–Trinajstić information content (AvgIpc) is 2.75. The van der Waals surface area contributed by atoms with E-state index in [-0.39, 0.29) is 17.3 Å². The highest BCUT2D eigenvalue weighted by atomic mass is 19.1. The van der Waals surface area contributed by atoms with Gasteiger partial charge in [0.05, 0.1) is 11.3 Å². The minimum atomic E-state index is -0.358. The summed E-state index contributed by atoms with van der Waals surface area (Å²) in [7, 11) is 0. The molecule has 0 atom stereocenters. The minimum Gasteiger partial charge on any atom is -0.368 e. The number of rotatable bonds is 4. The second-order valence-electron chi connectivity index (χ2n) is 6.23. The summed E-state index contributed by atoms with van der Waals surface area (Å²) >= 11 is 0. The Morgan fingerprint density at radius 3 is 2.36 bits per heavy atom. The quantitative estimate of drug-likeness (QED) is 0.656. The van der Waals surface area contributed by atoms with Crippen molar-refractivity contribution < 1.29 is 9.18 Å². The third kappa shape index (κ3) is 4.28. The highest BCUT2D eigenvalue weighted by Crippen LogP contribution is 2.18. The number of nitriles is 2. The van der Waals surface area contributed by atoms with Gasteiger partial charge in [-0.25, -0.2) is 4.39 Å². The van der Waals surface area contributed by atoms with Gasteiger partial charge in [-0.1, -0.05) is 12.1 Å². The first-order valence-corrected chi connectivity index (χ1v) is 8.78. The van der Waals surface area contributed by atoms with E-state index in [2.05, 4.69) is 16.3 Å². The number of nitrogens with zero attached hydrogens (tertiary/aromatic N) is 4. The Kier molecular flexibility index (Phi) is 5.88. The number of para-hydroxylation sites is 1. The Bertz CT molecular complexity index is 964. The predicted molar refractivity (Wildman–Crippen MR) is 104 cm³/mol. The van der Waals surface area contributed by atoms with Gasteiger partial charge in [-0.05, 0) is 36.4 Å². The molecule has 1 saturated heterocycles. The molecule has 3 rings (SSSR count). The van der Waals surface area contributed by atoms with Crippen LogP contribution in [0.5, 0.6) is 0 Å². The van der Waals surface area contributed by atoms with Gasteiger partial charge in [0.1, 0.15) is 23.5 Å². The first kappa shape index (κ1) is 18.9. The Hall–Kier alpha value is -3.84. The highest BCUT2D eigenvalue weighted by molar-refractivity contribution is 5.97. The Labute approximate surface area is 162 Å². The predicted octanol–water partition coefficient (Wildman–Crippen LogP) is 2.87. The van der Waals surface area contributed by atoms with Crippen LogP contribution in [0.2, 0.25) is 0 Å². The molecule has 6 nitrogen and oxygen atoms in total. The van der Waals surface area contributed by atoms with Crippen LogP contribution in [-0.2, 0) is 4.79 Å². The summed E-state index contributed by atoms with van der Waals surface area (Å²) in [5.41, 5.74) is 1.84. The van der Waals surface area contributed by atoms with Crippen LogP contribution in [0.25, 0.3) is 0 Å². The normalized spacial score (nSPS) is 14.2. The molecule has 0 aromatic heterocycles. The van der Waals surface area contributed by atoms with Crippen LogP contribution in [0.4, 0.5) is 15.8 Å². The maximum absolute atomic E-state index is 13.1. The summed E-state index contributed by atoms with van der Waals surface area (Å²) in [6.07, 6.45) is 1.34. The molecule has 1 aliphatic rings. The molecule has 7 heteroatoms. The SMILES string of the molecule is N#C/C(=C/Nc1ccccc1C#N)C(=O)N1CCN(c2ccc(F)cc2)CC1. The van der Waals surface area contributed by atoms with Crippen molar-refractivity contribution in [2.24, 2.45) is 0 Å². The van der Waals surface area contributed by atoms with Gasteiger partial charge in [0.15, 0.2) is 0 Å². The molecule has 140 valence electrons. The van der Waals surface area contributed by atoms with E-state index in [1.165, 1.54) is 18.3 Å². The molecule has 0 unspecified atom stereocenters. The lowest BCUT2D eigenvalue weighted by atomic mass is 10.2. The molecular weight excluding hydrogens is 357 g/mol. The molecule has 1 N–H and O–H groups in total. The van der Waals surface area contributed by atoms with Gasteiger partial charge in [0.25, 0.3) is 5.91 Å². The fourth-order valence-electron chi connectivity index (χ4n) is 2.99. The van der Waals surface area contributed by atoms with E-state index >= 15 is 0 Å². The van der Waals surface area contributed by atoms with E-state index in [9.17, 15) is 14.4 Å². The van der Waals surface area contributed by atoms with Gasteiger partial charge in [0.2, 0.25) is 0 Å². The second kappa shape index (κ2) is 8.70. The highest BCUT2D eigenvalue weighted by Gasteiger charge is 2.24. The molecule has 2 aromatic rings. The van der Waals surface area contributed by atoms with Crippen LogP contribution in [0, 0.1) is 28.5 Å². The molecular formula is C21H18FN5O. The van der Waals surface area contributed by atoms with Crippen LogP contribution in [-0.4, -0.2) is 37.0 Å². The molecule has 0 radical (unpaired) electrons. The van der Waals surface area contributed by atoms with Crippen molar-refractivity contribution in [2.75, 3.05) is 36.4 Å². The number of amides is 1. The number of nitrogens with one attached hydrogen (secondary N) is 1. The van der Waals surface area contributed by atoms with Gasteiger partial charge in [-0.2, -0.15) is 10.5 Å². The van der Waals surface area contributed by atoms with E-state index in [4.69, 9.17) is 5.26 Å². The lowest BCUT2D eigenvalue weighted by Crippen LogP contribution is -2.49. The van der Waals surface area contributed by atoms with Crippen molar-refractivity contribution in [3.8, 4) is 12.1 Å². The second-order valence-corrected chi connectivity index (χ2v) is 6.23. The van der Waals surface area contributed by atoms with Crippen LogP contribution in [0.1, 0.15) is 5.56 Å². The molecule has 28 heavy (non-hydrogen) atoms. The first-order chi connectivity index (χ1) is 13.6. The maximum Gasteiger partial charge on any atom is 0.266 e.